The third-order valence-electron chi connectivity index (χ3n) is 5.27. The van der Waals surface area contributed by atoms with Gasteiger partial charge in [-0.1, -0.05) is 54.9 Å². The molecule has 2 heterocycles. The van der Waals surface area contributed by atoms with Crippen LogP contribution in [-0.4, -0.2) is 21.7 Å². The van der Waals surface area contributed by atoms with Gasteiger partial charge in [0.1, 0.15) is 11.5 Å². The first-order valence-corrected chi connectivity index (χ1v) is 10.0. The minimum atomic E-state index is -0.752. The molecular weight excluding hydrogens is 402 g/mol. The first kappa shape index (κ1) is 20.0. The quantitative estimate of drug-likeness (QED) is 0.352. The molecule has 1 amide bonds. The number of carbonyl (C=O) groups excluding carboxylic acids is 2. The molecule has 5 nitrogen and oxygen atoms in total. The molecule has 0 radical (unpaired) electrons. The van der Waals surface area contributed by atoms with Crippen LogP contribution >= 0.6 is 11.6 Å². The van der Waals surface area contributed by atoms with E-state index in [1.165, 1.54) is 11.2 Å². The van der Waals surface area contributed by atoms with Crippen LogP contribution in [0.5, 0.6) is 0 Å². The molecule has 2 aromatic carbocycles. The molecule has 3 aromatic rings. The summed E-state index contributed by atoms with van der Waals surface area (Å²) in [4.78, 5) is 27.3. The summed E-state index contributed by atoms with van der Waals surface area (Å²) < 4.78 is 5.38. The molecule has 1 unspecified atom stereocenters. The van der Waals surface area contributed by atoms with Gasteiger partial charge in [-0.2, -0.15) is 0 Å². The number of benzene rings is 2. The van der Waals surface area contributed by atoms with Crippen molar-refractivity contribution in [2.75, 3.05) is 0 Å². The summed E-state index contributed by atoms with van der Waals surface area (Å²) in [7, 11) is 0. The average molecular weight is 422 g/mol. The predicted molar refractivity (Wildman–Crippen MR) is 114 cm³/mol. The van der Waals surface area contributed by atoms with Crippen molar-refractivity contribution in [3.05, 3.63) is 100.0 Å². The van der Waals surface area contributed by atoms with Crippen molar-refractivity contribution in [2.24, 2.45) is 0 Å². The van der Waals surface area contributed by atoms with Crippen LogP contribution < -0.4 is 0 Å². The highest BCUT2D eigenvalue weighted by Crippen LogP contribution is 2.40. The van der Waals surface area contributed by atoms with Crippen LogP contribution in [0.25, 0.3) is 5.76 Å². The molecule has 4 rings (SSSR count). The third-order valence-corrected chi connectivity index (χ3v) is 5.52. The average Bonchev–Trinajstić information content (AvgIpc) is 3.36. The number of Topliss-reactive ketones (excluding diaryl/α,β-unsaturated/α-hetero) is 1. The zero-order valence-electron chi connectivity index (χ0n) is 16.3. The Morgan fingerprint density at radius 3 is 2.37 bits per heavy atom. The molecule has 0 spiro atoms. The van der Waals surface area contributed by atoms with Gasteiger partial charge in [0, 0.05) is 10.6 Å². The third kappa shape index (κ3) is 3.64. The van der Waals surface area contributed by atoms with E-state index in [-0.39, 0.29) is 17.9 Å². The Morgan fingerprint density at radius 1 is 1.07 bits per heavy atom. The Morgan fingerprint density at radius 2 is 1.77 bits per heavy atom. The maximum absolute atomic E-state index is 13.0. The molecule has 1 atom stereocenters. The van der Waals surface area contributed by atoms with Crippen LogP contribution in [0.2, 0.25) is 5.02 Å². The van der Waals surface area contributed by atoms with E-state index in [4.69, 9.17) is 16.0 Å². The van der Waals surface area contributed by atoms with E-state index in [2.05, 4.69) is 0 Å². The Balaban J connectivity index is 1.84. The molecule has 1 aliphatic heterocycles. The second-order valence-electron chi connectivity index (χ2n) is 7.11. The van der Waals surface area contributed by atoms with Gasteiger partial charge >= 0.3 is 0 Å². The van der Waals surface area contributed by atoms with Crippen LogP contribution in [0, 0.1) is 0 Å². The van der Waals surface area contributed by atoms with Crippen LogP contribution in [-0.2, 0) is 22.6 Å². The van der Waals surface area contributed by atoms with Gasteiger partial charge in [-0.15, -0.1) is 0 Å². The van der Waals surface area contributed by atoms with E-state index in [1.54, 1.807) is 48.5 Å². The van der Waals surface area contributed by atoms with Crippen LogP contribution in [0.15, 0.2) is 76.9 Å². The molecule has 0 aliphatic carbocycles. The highest BCUT2D eigenvalue weighted by Gasteiger charge is 2.46. The molecule has 1 aliphatic rings. The van der Waals surface area contributed by atoms with Crippen molar-refractivity contribution in [3.63, 3.8) is 0 Å². The van der Waals surface area contributed by atoms with Gasteiger partial charge in [0.2, 0.25) is 0 Å². The van der Waals surface area contributed by atoms with Gasteiger partial charge in [-0.05, 0) is 41.8 Å². The summed E-state index contributed by atoms with van der Waals surface area (Å²) in [6, 6.07) is 16.9. The van der Waals surface area contributed by atoms with E-state index < -0.39 is 17.7 Å². The molecule has 1 aromatic heterocycles. The molecule has 6 heteroatoms. The number of aryl methyl sites for hydroxylation is 1. The second kappa shape index (κ2) is 8.20. The number of nitrogens with zero attached hydrogens (tertiary/aromatic N) is 1. The Hall–Kier alpha value is -3.31. The summed E-state index contributed by atoms with van der Waals surface area (Å²) in [5.41, 5.74) is 2.33. The lowest BCUT2D eigenvalue weighted by molar-refractivity contribution is -0.140. The fourth-order valence-electron chi connectivity index (χ4n) is 3.66. The zero-order valence-corrected chi connectivity index (χ0v) is 17.1. The Bertz CT molecular complexity index is 1100. The number of rotatable bonds is 5. The topological polar surface area (TPSA) is 70.8 Å². The number of amides is 1. The van der Waals surface area contributed by atoms with Gasteiger partial charge < -0.3 is 14.4 Å². The fraction of sp³-hybridized carbons (Fsp3) is 0.167. The van der Waals surface area contributed by atoms with Crippen molar-refractivity contribution < 1.29 is 19.1 Å². The normalized spacial score (nSPS) is 18.2. The summed E-state index contributed by atoms with van der Waals surface area (Å²) in [5, 5.41) is 11.6. The molecule has 30 heavy (non-hydrogen) atoms. The molecule has 1 saturated heterocycles. The lowest BCUT2D eigenvalue weighted by Crippen LogP contribution is -2.29. The number of hydrogen-bond donors (Lipinski definition) is 1. The van der Waals surface area contributed by atoms with Crippen molar-refractivity contribution in [2.45, 2.75) is 25.9 Å². The van der Waals surface area contributed by atoms with Crippen molar-refractivity contribution in [3.8, 4) is 0 Å². The van der Waals surface area contributed by atoms with Crippen molar-refractivity contribution in [1.82, 2.24) is 4.90 Å². The van der Waals surface area contributed by atoms with E-state index in [0.29, 0.717) is 21.9 Å². The standard InChI is InChI=1S/C24H20ClNO4/c1-2-15-5-7-17(8-6-15)22(27)20-21(16-9-11-18(25)12-10-16)26(24(29)23(20)28)14-19-4-3-13-30-19/h3-13,21,27H,2,14H2,1H3/b22-20-. The number of aliphatic hydroxyl groups excluding tert-OH is 1. The molecular formula is C24H20ClNO4. The number of ketones is 1. The van der Waals surface area contributed by atoms with Gasteiger partial charge in [-0.25, -0.2) is 0 Å². The van der Waals surface area contributed by atoms with E-state index in [0.717, 1.165) is 12.0 Å². The number of hydrogen-bond acceptors (Lipinski definition) is 4. The first-order chi connectivity index (χ1) is 14.5. The lowest BCUT2D eigenvalue weighted by atomic mass is 9.95. The van der Waals surface area contributed by atoms with E-state index in [9.17, 15) is 14.7 Å². The fourth-order valence-corrected chi connectivity index (χ4v) is 3.78. The SMILES string of the molecule is CCc1ccc(/C(O)=C2/C(=O)C(=O)N(Cc3ccco3)C2c2ccc(Cl)cc2)cc1. The summed E-state index contributed by atoms with van der Waals surface area (Å²) in [5.74, 6) is -1.06. The van der Waals surface area contributed by atoms with Crippen LogP contribution in [0.3, 0.4) is 0 Å². The zero-order chi connectivity index (χ0) is 21.3. The van der Waals surface area contributed by atoms with Crippen LogP contribution in [0.4, 0.5) is 0 Å². The highest BCUT2D eigenvalue weighted by atomic mass is 35.5. The number of carbonyl (C=O) groups is 2. The number of furan rings is 1. The maximum Gasteiger partial charge on any atom is 0.296 e. The van der Waals surface area contributed by atoms with Crippen molar-refractivity contribution in [1.29, 1.82) is 0 Å². The number of likely N-dealkylation sites (tertiary alicyclic amines) is 1. The lowest BCUT2D eigenvalue weighted by Gasteiger charge is -2.24. The summed E-state index contributed by atoms with van der Waals surface area (Å²) >= 11 is 6.03. The van der Waals surface area contributed by atoms with Gasteiger partial charge in [-0.3, -0.25) is 9.59 Å². The van der Waals surface area contributed by atoms with Gasteiger partial charge in [0.25, 0.3) is 11.7 Å². The molecule has 152 valence electrons. The monoisotopic (exact) mass is 421 g/mol. The minimum Gasteiger partial charge on any atom is -0.507 e. The Labute approximate surface area is 179 Å². The van der Waals surface area contributed by atoms with E-state index in [1.807, 2.05) is 19.1 Å². The first-order valence-electron chi connectivity index (χ1n) is 9.65. The van der Waals surface area contributed by atoms with Gasteiger partial charge in [0.15, 0.2) is 0 Å². The van der Waals surface area contributed by atoms with Gasteiger partial charge in [0.05, 0.1) is 24.4 Å². The smallest absolute Gasteiger partial charge is 0.296 e. The predicted octanol–water partition coefficient (Wildman–Crippen LogP) is 5.12. The molecule has 1 fully saturated rings. The largest absolute Gasteiger partial charge is 0.507 e. The number of halogens is 1. The summed E-state index contributed by atoms with van der Waals surface area (Å²) in [6.45, 7) is 2.14. The van der Waals surface area contributed by atoms with Crippen LogP contribution in [0.1, 0.15) is 35.4 Å². The minimum absolute atomic E-state index is 0.0538. The Kier molecular flexibility index (Phi) is 5.46. The maximum atomic E-state index is 13.0. The molecule has 0 bridgehead atoms. The van der Waals surface area contributed by atoms with E-state index >= 15 is 0 Å². The van der Waals surface area contributed by atoms with Crippen molar-refractivity contribution >= 4 is 29.1 Å². The molecule has 1 N–H and O–H groups in total. The number of aliphatic hydroxyl groups is 1. The molecule has 0 saturated carbocycles. The summed E-state index contributed by atoms with van der Waals surface area (Å²) in [6.07, 6.45) is 2.37. The second-order valence-corrected chi connectivity index (χ2v) is 7.54. The highest BCUT2D eigenvalue weighted by molar-refractivity contribution is 6.46.